The molecule has 3 unspecified atom stereocenters. The molecule has 0 saturated heterocycles. The molecule has 0 bridgehead atoms. The highest BCUT2D eigenvalue weighted by molar-refractivity contribution is 5.40. The van der Waals surface area contributed by atoms with Gasteiger partial charge in [-0.05, 0) is 91.4 Å². The van der Waals surface area contributed by atoms with Crippen LogP contribution in [0.25, 0.3) is 0 Å². The topological polar surface area (TPSA) is 40.5 Å². The largest absolute Gasteiger partial charge is 0.508 e. The number of aliphatic hydroxyl groups excluding tert-OH is 1. The van der Waals surface area contributed by atoms with Crippen molar-refractivity contribution in [1.82, 2.24) is 0 Å². The maximum absolute atomic E-state index is 9.91. The van der Waals surface area contributed by atoms with Gasteiger partial charge < -0.3 is 10.2 Å². The molecule has 2 nitrogen and oxygen atoms in total. The Hall–Kier alpha value is -1.02. The van der Waals surface area contributed by atoms with Crippen molar-refractivity contribution < 1.29 is 10.2 Å². The Morgan fingerprint density at radius 1 is 1.12 bits per heavy atom. The summed E-state index contributed by atoms with van der Waals surface area (Å²) in [5.41, 5.74) is 2.91. The SMILES string of the molecule is CCCCC[C@H]1C[C@@H](C)C(CCCO)C2CCc3cc(O)ccc3C21. The molecule has 140 valence electrons. The average molecular weight is 345 g/mol. The summed E-state index contributed by atoms with van der Waals surface area (Å²) < 4.78 is 0. The lowest BCUT2D eigenvalue weighted by Crippen LogP contribution is -2.40. The zero-order valence-corrected chi connectivity index (χ0v) is 16.1. The van der Waals surface area contributed by atoms with E-state index in [0.717, 1.165) is 36.5 Å². The molecule has 2 N–H and O–H groups in total. The van der Waals surface area contributed by atoms with Gasteiger partial charge in [0.05, 0.1) is 0 Å². The second-order valence-electron chi connectivity index (χ2n) is 8.61. The number of aryl methyl sites for hydroxylation is 1. The number of hydrogen-bond acceptors (Lipinski definition) is 2. The summed E-state index contributed by atoms with van der Waals surface area (Å²) in [7, 11) is 0. The van der Waals surface area contributed by atoms with Crippen LogP contribution in [0.2, 0.25) is 0 Å². The van der Waals surface area contributed by atoms with E-state index < -0.39 is 0 Å². The van der Waals surface area contributed by atoms with Crippen LogP contribution < -0.4 is 0 Å². The van der Waals surface area contributed by atoms with Crippen molar-refractivity contribution in [2.45, 2.75) is 77.6 Å². The average Bonchev–Trinajstić information content (AvgIpc) is 2.60. The van der Waals surface area contributed by atoms with Crippen molar-refractivity contribution in [3.8, 4) is 5.75 Å². The maximum Gasteiger partial charge on any atom is 0.115 e. The number of phenols is 1. The normalized spacial score (nSPS) is 31.4. The molecule has 1 aromatic rings. The van der Waals surface area contributed by atoms with Gasteiger partial charge in [-0.25, -0.2) is 0 Å². The lowest BCUT2D eigenvalue weighted by atomic mass is 9.55. The monoisotopic (exact) mass is 344 g/mol. The molecule has 2 aliphatic carbocycles. The van der Waals surface area contributed by atoms with E-state index in [1.54, 1.807) is 0 Å². The highest BCUT2D eigenvalue weighted by atomic mass is 16.3. The fourth-order valence-electron chi connectivity index (χ4n) is 5.95. The van der Waals surface area contributed by atoms with E-state index in [1.807, 2.05) is 12.1 Å². The zero-order valence-electron chi connectivity index (χ0n) is 16.1. The fourth-order valence-corrected chi connectivity index (χ4v) is 5.95. The van der Waals surface area contributed by atoms with Crippen molar-refractivity contribution >= 4 is 0 Å². The molecular formula is C23H36O2. The van der Waals surface area contributed by atoms with Gasteiger partial charge in [0, 0.05) is 6.61 Å². The van der Waals surface area contributed by atoms with Crippen molar-refractivity contribution in [2.24, 2.45) is 23.7 Å². The first-order valence-electron chi connectivity index (χ1n) is 10.6. The minimum atomic E-state index is 0.324. The first kappa shape index (κ1) is 18.8. The van der Waals surface area contributed by atoms with Gasteiger partial charge in [0.25, 0.3) is 0 Å². The number of aromatic hydroxyl groups is 1. The molecule has 2 heteroatoms. The Balaban J connectivity index is 1.87. The molecule has 0 aliphatic heterocycles. The number of aliphatic hydroxyl groups is 1. The smallest absolute Gasteiger partial charge is 0.115 e. The van der Waals surface area contributed by atoms with Crippen LogP contribution in [0.15, 0.2) is 18.2 Å². The number of phenolic OH excluding ortho intramolecular Hbond substituents is 1. The van der Waals surface area contributed by atoms with Crippen molar-refractivity contribution in [2.75, 3.05) is 6.61 Å². The quantitative estimate of drug-likeness (QED) is 0.626. The molecule has 2 aliphatic rings. The second kappa shape index (κ2) is 8.58. The van der Waals surface area contributed by atoms with Gasteiger partial charge in [-0.2, -0.15) is 0 Å². The van der Waals surface area contributed by atoms with E-state index in [2.05, 4.69) is 19.9 Å². The Labute approximate surface area is 153 Å². The van der Waals surface area contributed by atoms with Crippen LogP contribution in [0, 0.1) is 23.7 Å². The van der Waals surface area contributed by atoms with Crippen LogP contribution in [0.5, 0.6) is 5.75 Å². The van der Waals surface area contributed by atoms with E-state index in [4.69, 9.17) is 0 Å². The minimum Gasteiger partial charge on any atom is -0.508 e. The third-order valence-electron chi connectivity index (χ3n) is 7.03. The lowest BCUT2D eigenvalue weighted by molar-refractivity contribution is 0.0572. The van der Waals surface area contributed by atoms with Crippen LogP contribution in [-0.2, 0) is 6.42 Å². The Morgan fingerprint density at radius 3 is 2.72 bits per heavy atom. The first-order valence-corrected chi connectivity index (χ1v) is 10.6. The van der Waals surface area contributed by atoms with Crippen LogP contribution in [0.4, 0.5) is 0 Å². The summed E-state index contributed by atoms with van der Waals surface area (Å²) in [6, 6.07) is 6.12. The molecule has 25 heavy (non-hydrogen) atoms. The molecule has 1 saturated carbocycles. The molecule has 0 spiro atoms. The third-order valence-corrected chi connectivity index (χ3v) is 7.03. The standard InChI is InChI=1S/C23H36O2/c1-3-4-5-7-18-14-16(2)20(8-6-13-24)22-11-9-17-15-19(25)10-12-21(17)23(18)22/h10,12,15-16,18,20,22-25H,3-9,11,13-14H2,1-2H3/t16-,18+,20?,22?,23?/m1/s1. The highest BCUT2D eigenvalue weighted by Crippen LogP contribution is 2.55. The molecule has 3 rings (SSSR count). The summed E-state index contributed by atoms with van der Waals surface area (Å²) in [6.45, 7) is 5.07. The van der Waals surface area contributed by atoms with E-state index in [0.29, 0.717) is 18.3 Å². The Morgan fingerprint density at radius 2 is 1.96 bits per heavy atom. The maximum atomic E-state index is 9.91. The minimum absolute atomic E-state index is 0.324. The first-order chi connectivity index (χ1) is 12.2. The number of rotatable bonds is 7. The molecule has 0 radical (unpaired) electrons. The van der Waals surface area contributed by atoms with E-state index in [-0.39, 0.29) is 0 Å². The molecule has 1 fully saturated rings. The summed E-state index contributed by atoms with van der Waals surface area (Å²) in [5.74, 6) is 4.17. The van der Waals surface area contributed by atoms with Crippen molar-refractivity contribution in [3.05, 3.63) is 29.3 Å². The fraction of sp³-hybridized carbons (Fsp3) is 0.739. The molecule has 0 aromatic heterocycles. The molecule has 1 aromatic carbocycles. The van der Waals surface area contributed by atoms with Gasteiger partial charge >= 0.3 is 0 Å². The predicted molar refractivity (Wildman–Crippen MR) is 104 cm³/mol. The Bertz CT molecular complexity index is 553. The van der Waals surface area contributed by atoms with Gasteiger partial charge in [-0.3, -0.25) is 0 Å². The van der Waals surface area contributed by atoms with Crippen LogP contribution >= 0.6 is 0 Å². The second-order valence-corrected chi connectivity index (χ2v) is 8.61. The van der Waals surface area contributed by atoms with Crippen molar-refractivity contribution in [3.63, 3.8) is 0 Å². The van der Waals surface area contributed by atoms with Crippen LogP contribution in [0.1, 0.15) is 82.3 Å². The highest BCUT2D eigenvalue weighted by Gasteiger charge is 2.45. The van der Waals surface area contributed by atoms with Gasteiger partial charge in [-0.15, -0.1) is 0 Å². The molecule has 0 heterocycles. The van der Waals surface area contributed by atoms with Gasteiger partial charge in [-0.1, -0.05) is 39.2 Å². The van der Waals surface area contributed by atoms with E-state index >= 15 is 0 Å². The molecule has 0 amide bonds. The number of hydrogen-bond donors (Lipinski definition) is 2. The van der Waals surface area contributed by atoms with Gasteiger partial charge in [0.15, 0.2) is 0 Å². The predicted octanol–water partition coefficient (Wildman–Crippen LogP) is 5.66. The lowest BCUT2D eigenvalue weighted by Gasteiger charge is -2.50. The number of fused-ring (bicyclic) bond motifs is 3. The number of benzene rings is 1. The number of unbranched alkanes of at least 4 members (excludes halogenated alkanes) is 2. The van der Waals surface area contributed by atoms with Gasteiger partial charge in [0.2, 0.25) is 0 Å². The van der Waals surface area contributed by atoms with Crippen molar-refractivity contribution in [1.29, 1.82) is 0 Å². The summed E-state index contributed by atoms with van der Waals surface area (Å²) in [4.78, 5) is 0. The van der Waals surface area contributed by atoms with Crippen LogP contribution in [-0.4, -0.2) is 16.8 Å². The van der Waals surface area contributed by atoms with E-state index in [9.17, 15) is 10.2 Å². The van der Waals surface area contributed by atoms with Crippen LogP contribution in [0.3, 0.4) is 0 Å². The molecular weight excluding hydrogens is 308 g/mol. The summed E-state index contributed by atoms with van der Waals surface area (Å²) in [6.07, 6.45) is 11.2. The van der Waals surface area contributed by atoms with Gasteiger partial charge in [0.1, 0.15) is 5.75 Å². The zero-order chi connectivity index (χ0) is 17.8. The van der Waals surface area contributed by atoms with E-state index in [1.165, 1.54) is 56.1 Å². The third kappa shape index (κ3) is 4.05. The molecule has 5 atom stereocenters. The summed E-state index contributed by atoms with van der Waals surface area (Å²) in [5, 5.41) is 19.2. The Kier molecular flexibility index (Phi) is 6.44. The summed E-state index contributed by atoms with van der Waals surface area (Å²) >= 11 is 0.